The summed E-state index contributed by atoms with van der Waals surface area (Å²) in [7, 11) is 0.0147. The molecule has 2 aromatic carbocycles. The number of methoxy groups -OCH3 is 1. The zero-order valence-electron chi connectivity index (χ0n) is 21.9. The molecule has 38 heavy (non-hydrogen) atoms. The van der Waals surface area contributed by atoms with Crippen molar-refractivity contribution in [2.24, 2.45) is 5.41 Å². The van der Waals surface area contributed by atoms with Crippen molar-refractivity contribution in [1.29, 1.82) is 0 Å². The summed E-state index contributed by atoms with van der Waals surface area (Å²) in [5.74, 6) is -0.185. The van der Waals surface area contributed by atoms with E-state index >= 15 is 0 Å². The summed E-state index contributed by atoms with van der Waals surface area (Å²) in [4.78, 5) is 27.0. The van der Waals surface area contributed by atoms with Crippen molar-refractivity contribution in [2.45, 2.75) is 25.9 Å². The smallest absolute Gasteiger partial charge is 0.409 e. The predicted octanol–water partition coefficient (Wildman–Crippen LogP) is 4.05. The van der Waals surface area contributed by atoms with E-state index in [0.29, 0.717) is 52.2 Å². The molecule has 1 unspecified atom stereocenters. The van der Waals surface area contributed by atoms with Gasteiger partial charge in [0.15, 0.2) is 0 Å². The van der Waals surface area contributed by atoms with E-state index in [9.17, 15) is 13.8 Å². The number of likely N-dealkylation sites (tertiary alicyclic amines) is 1. The lowest BCUT2D eigenvalue weighted by atomic mass is 9.80. The topological polar surface area (TPSA) is 85.4 Å². The Kier molecular flexibility index (Phi) is 10.1. The van der Waals surface area contributed by atoms with Gasteiger partial charge in [0.25, 0.3) is 0 Å². The van der Waals surface area contributed by atoms with Gasteiger partial charge in [0.1, 0.15) is 6.61 Å². The van der Waals surface area contributed by atoms with E-state index < -0.39 is 22.5 Å². The molecular formula is C29H36N2O6S. The molecule has 2 aromatic rings. The number of amides is 1. The number of piperidine rings is 1. The number of carbonyl (C=O) groups excluding carboxylic acids is 2. The Hall–Kier alpha value is -3.01. The molecule has 1 atom stereocenters. The molecule has 4 rings (SSSR count). The van der Waals surface area contributed by atoms with Crippen molar-refractivity contribution in [3.8, 4) is 0 Å². The first-order valence-corrected chi connectivity index (χ1v) is 14.3. The first-order chi connectivity index (χ1) is 18.5. The summed E-state index contributed by atoms with van der Waals surface area (Å²) in [6.07, 6.45) is 3.25. The molecule has 1 amide bonds. The number of hydrogen-bond donors (Lipinski definition) is 0. The summed E-state index contributed by atoms with van der Waals surface area (Å²) in [6.45, 7) is 2.83. The van der Waals surface area contributed by atoms with Crippen LogP contribution < -0.4 is 0 Å². The van der Waals surface area contributed by atoms with Gasteiger partial charge in [0.05, 0.1) is 42.5 Å². The van der Waals surface area contributed by atoms with Crippen LogP contribution in [0.25, 0.3) is 5.57 Å². The summed E-state index contributed by atoms with van der Waals surface area (Å²) in [5, 5.41) is 0. The van der Waals surface area contributed by atoms with Crippen LogP contribution in [0, 0.1) is 5.41 Å². The maximum absolute atomic E-state index is 13.3. The van der Waals surface area contributed by atoms with Crippen LogP contribution in [0.5, 0.6) is 0 Å². The summed E-state index contributed by atoms with van der Waals surface area (Å²) < 4.78 is 31.3. The summed E-state index contributed by atoms with van der Waals surface area (Å²) in [5.41, 5.74) is 2.60. The Balaban J connectivity index is 1.24. The molecular weight excluding hydrogens is 504 g/mol. The minimum absolute atomic E-state index is 0.155. The largest absolute Gasteiger partial charge is 0.469 e. The summed E-state index contributed by atoms with van der Waals surface area (Å²) in [6, 6.07) is 20.0. The van der Waals surface area contributed by atoms with Crippen LogP contribution in [-0.4, -0.2) is 77.7 Å². The average Bonchev–Trinajstić information content (AvgIpc) is 2.97. The Morgan fingerprint density at radius 3 is 2.26 bits per heavy atom. The number of rotatable bonds is 10. The quantitative estimate of drug-likeness (QED) is 0.334. The van der Waals surface area contributed by atoms with Gasteiger partial charge in [-0.25, -0.2) is 13.3 Å². The van der Waals surface area contributed by atoms with Gasteiger partial charge in [0.2, 0.25) is 0 Å². The second kappa shape index (κ2) is 13.7. The Bertz CT molecular complexity index is 1120. The molecule has 0 N–H and O–H groups in total. The van der Waals surface area contributed by atoms with E-state index in [-0.39, 0.29) is 18.3 Å². The molecule has 1 saturated heterocycles. The maximum Gasteiger partial charge on any atom is 0.409 e. The first-order valence-electron chi connectivity index (χ1n) is 13.0. The molecule has 0 radical (unpaired) electrons. The van der Waals surface area contributed by atoms with E-state index in [1.54, 1.807) is 4.90 Å². The molecule has 2 aliphatic rings. The third-order valence-electron chi connectivity index (χ3n) is 7.17. The fourth-order valence-corrected chi connectivity index (χ4v) is 6.46. The van der Waals surface area contributed by atoms with Crippen molar-refractivity contribution < 1.29 is 28.0 Å². The van der Waals surface area contributed by atoms with Crippen molar-refractivity contribution in [3.05, 3.63) is 77.9 Å². The van der Waals surface area contributed by atoms with Crippen LogP contribution >= 0.6 is 0 Å². The Labute approximate surface area is 227 Å². The first kappa shape index (κ1) is 28.0. The Morgan fingerprint density at radius 1 is 0.947 bits per heavy atom. The highest BCUT2D eigenvalue weighted by Gasteiger charge is 2.45. The molecule has 8 nitrogen and oxygen atoms in total. The van der Waals surface area contributed by atoms with Gasteiger partial charge in [0, 0.05) is 26.2 Å². The minimum atomic E-state index is -1.35. The molecule has 2 aliphatic heterocycles. The number of benzene rings is 2. The van der Waals surface area contributed by atoms with Crippen LogP contribution in [-0.2, 0) is 36.6 Å². The van der Waals surface area contributed by atoms with Crippen molar-refractivity contribution >= 4 is 28.6 Å². The summed E-state index contributed by atoms with van der Waals surface area (Å²) >= 11 is 0. The van der Waals surface area contributed by atoms with E-state index in [1.165, 1.54) is 18.2 Å². The highest BCUT2D eigenvalue weighted by Crippen LogP contribution is 2.35. The molecule has 0 bridgehead atoms. The van der Waals surface area contributed by atoms with E-state index in [4.69, 9.17) is 14.2 Å². The van der Waals surface area contributed by atoms with Gasteiger partial charge in [-0.1, -0.05) is 66.7 Å². The highest BCUT2D eigenvalue weighted by molar-refractivity contribution is 7.82. The fraction of sp³-hybridized carbons (Fsp3) is 0.448. The SMILES string of the molecule is COC(=O)C1(CS(=O)N2CC=C(c3ccccc3)CC2)CCN(C(=O)OCCOCc2ccccc2)CC1. The van der Waals surface area contributed by atoms with Gasteiger partial charge in [-0.3, -0.25) is 4.79 Å². The van der Waals surface area contributed by atoms with Crippen LogP contribution in [0.2, 0.25) is 0 Å². The number of esters is 1. The third-order valence-corrected chi connectivity index (χ3v) is 8.87. The Morgan fingerprint density at radius 2 is 1.63 bits per heavy atom. The van der Waals surface area contributed by atoms with Gasteiger partial charge in [-0.2, -0.15) is 0 Å². The lowest BCUT2D eigenvalue weighted by Gasteiger charge is -2.39. The van der Waals surface area contributed by atoms with Gasteiger partial charge in [-0.05, 0) is 36.0 Å². The molecule has 0 aromatic heterocycles. The highest BCUT2D eigenvalue weighted by atomic mass is 32.2. The van der Waals surface area contributed by atoms with Crippen molar-refractivity contribution in [1.82, 2.24) is 9.21 Å². The number of hydrogen-bond acceptors (Lipinski definition) is 6. The van der Waals surface area contributed by atoms with E-state index in [1.807, 2.05) is 52.8 Å². The van der Waals surface area contributed by atoms with Crippen LogP contribution in [0.4, 0.5) is 4.79 Å². The van der Waals surface area contributed by atoms with Gasteiger partial charge >= 0.3 is 12.1 Å². The number of nitrogens with zero attached hydrogens (tertiary/aromatic N) is 2. The molecule has 204 valence electrons. The number of carbonyl (C=O) groups is 2. The standard InChI is InChI=1S/C29H36N2O6S/c1-35-27(32)29(23-38(34)31-16-12-26(13-17-31)25-10-6-3-7-11-25)14-18-30(19-15-29)28(33)37-21-20-36-22-24-8-4-2-5-9-24/h2-12H,13-23H2,1H3. The second-order valence-corrected chi connectivity index (χ2v) is 11.1. The van der Waals surface area contributed by atoms with Crippen LogP contribution in [0.15, 0.2) is 66.7 Å². The maximum atomic E-state index is 13.3. The molecule has 1 fully saturated rings. The van der Waals surface area contributed by atoms with E-state index in [2.05, 4.69) is 18.2 Å². The predicted molar refractivity (Wildman–Crippen MR) is 146 cm³/mol. The molecule has 9 heteroatoms. The van der Waals surface area contributed by atoms with Crippen LogP contribution in [0.1, 0.15) is 30.4 Å². The van der Waals surface area contributed by atoms with E-state index in [0.717, 1.165) is 12.0 Å². The van der Waals surface area contributed by atoms with Crippen molar-refractivity contribution in [2.75, 3.05) is 52.3 Å². The molecule has 0 saturated carbocycles. The molecule has 2 heterocycles. The van der Waals surface area contributed by atoms with Crippen molar-refractivity contribution in [3.63, 3.8) is 0 Å². The molecule has 0 aliphatic carbocycles. The monoisotopic (exact) mass is 540 g/mol. The fourth-order valence-electron chi connectivity index (χ4n) is 4.86. The minimum Gasteiger partial charge on any atom is -0.469 e. The lowest BCUT2D eigenvalue weighted by molar-refractivity contribution is -0.154. The normalized spacial score (nSPS) is 18.3. The van der Waals surface area contributed by atoms with Gasteiger partial charge < -0.3 is 19.1 Å². The number of ether oxygens (including phenoxy) is 3. The lowest BCUT2D eigenvalue weighted by Crippen LogP contribution is -2.51. The zero-order valence-corrected chi connectivity index (χ0v) is 22.7. The third kappa shape index (κ3) is 7.30. The zero-order chi connectivity index (χ0) is 26.8. The average molecular weight is 541 g/mol. The van der Waals surface area contributed by atoms with Gasteiger partial charge in [-0.15, -0.1) is 0 Å². The molecule has 0 spiro atoms. The van der Waals surface area contributed by atoms with Crippen LogP contribution in [0.3, 0.4) is 0 Å². The second-order valence-electron chi connectivity index (χ2n) is 9.61.